The van der Waals surface area contributed by atoms with Crippen LogP contribution in [0, 0.1) is 0 Å². The third-order valence-corrected chi connectivity index (χ3v) is 3.37. The van der Waals surface area contributed by atoms with Gasteiger partial charge in [-0.25, -0.2) is 9.98 Å². The maximum absolute atomic E-state index is 9.25. The van der Waals surface area contributed by atoms with Crippen LogP contribution in [0.2, 0.25) is 0 Å². The summed E-state index contributed by atoms with van der Waals surface area (Å²) in [5, 5.41) is 21.3. The van der Waals surface area contributed by atoms with Gasteiger partial charge in [-0.2, -0.15) is 0 Å². The van der Waals surface area contributed by atoms with Crippen molar-refractivity contribution in [3.05, 3.63) is 12.0 Å². The summed E-state index contributed by atoms with van der Waals surface area (Å²) in [6.45, 7) is 0.0122. The minimum atomic E-state index is -0.214. The first-order chi connectivity index (χ1) is 8.83. The molecule has 2 aliphatic heterocycles. The fourth-order valence-corrected chi connectivity index (χ4v) is 2.39. The Hall–Kier alpha value is -1.44. The molecule has 3 heterocycles. The highest BCUT2D eigenvalue weighted by Gasteiger charge is 2.30. The van der Waals surface area contributed by atoms with Crippen LogP contribution in [0.1, 0.15) is 30.8 Å². The Morgan fingerprint density at radius 2 is 2.28 bits per heavy atom. The fraction of sp³-hybridized carbons (Fsp3) is 0.636. The molecule has 18 heavy (non-hydrogen) atoms. The number of nitrogens with zero attached hydrogens (tertiary/aromatic N) is 3. The van der Waals surface area contributed by atoms with Crippen LogP contribution >= 0.6 is 0 Å². The number of aliphatic hydroxyl groups is 2. The summed E-state index contributed by atoms with van der Waals surface area (Å²) in [7, 11) is 0. The molecule has 0 amide bonds. The van der Waals surface area contributed by atoms with Gasteiger partial charge in [0.2, 0.25) is 0 Å². The number of aliphatic hydroxyl groups excluding tert-OH is 2. The molecular weight excluding hydrogens is 236 g/mol. The van der Waals surface area contributed by atoms with E-state index in [4.69, 9.17) is 9.84 Å². The standard InChI is InChI=1S/C11H16N4O3/c16-3-7-1-2-9(18-7)15-6-14-10-8(4-17)12-5-13-11(10)15/h5-9,16-17H,1-4H2,(H,12,13)/t7-,8+,9+/m0/s1. The van der Waals surface area contributed by atoms with E-state index in [1.807, 2.05) is 4.57 Å². The van der Waals surface area contributed by atoms with E-state index in [0.29, 0.717) is 0 Å². The third-order valence-electron chi connectivity index (χ3n) is 3.37. The zero-order valence-corrected chi connectivity index (χ0v) is 9.86. The number of rotatable bonds is 3. The lowest BCUT2D eigenvalue weighted by Gasteiger charge is -2.20. The second kappa shape index (κ2) is 4.68. The van der Waals surface area contributed by atoms with Gasteiger partial charge in [0.15, 0.2) is 5.82 Å². The number of hydrogen-bond acceptors (Lipinski definition) is 6. The van der Waals surface area contributed by atoms with Gasteiger partial charge in [-0.1, -0.05) is 0 Å². The molecule has 0 aromatic carbocycles. The maximum Gasteiger partial charge on any atom is 0.161 e. The van der Waals surface area contributed by atoms with E-state index in [2.05, 4.69) is 15.3 Å². The normalized spacial score (nSPS) is 30.2. The number of aromatic nitrogens is 2. The largest absolute Gasteiger partial charge is 0.394 e. The molecule has 0 spiro atoms. The first-order valence-corrected chi connectivity index (χ1v) is 6.06. The molecule has 1 saturated heterocycles. The van der Waals surface area contributed by atoms with E-state index in [1.165, 1.54) is 0 Å². The summed E-state index contributed by atoms with van der Waals surface area (Å²) in [4.78, 5) is 8.55. The van der Waals surface area contributed by atoms with Crippen LogP contribution in [-0.2, 0) is 4.74 Å². The van der Waals surface area contributed by atoms with Crippen LogP contribution in [0.3, 0.4) is 0 Å². The molecular formula is C11H16N4O3. The summed E-state index contributed by atoms with van der Waals surface area (Å²) in [6.07, 6.45) is 4.68. The van der Waals surface area contributed by atoms with Gasteiger partial charge in [0.05, 0.1) is 38.0 Å². The van der Waals surface area contributed by atoms with Crippen molar-refractivity contribution >= 4 is 12.2 Å². The molecule has 1 aromatic heterocycles. The van der Waals surface area contributed by atoms with Crippen molar-refractivity contribution in [1.29, 1.82) is 0 Å². The predicted octanol–water partition coefficient (Wildman–Crippen LogP) is -0.151. The van der Waals surface area contributed by atoms with E-state index >= 15 is 0 Å². The van der Waals surface area contributed by atoms with Gasteiger partial charge in [-0.15, -0.1) is 0 Å². The second-order valence-corrected chi connectivity index (χ2v) is 4.49. The summed E-state index contributed by atoms with van der Waals surface area (Å²) < 4.78 is 7.57. The molecule has 0 radical (unpaired) electrons. The van der Waals surface area contributed by atoms with Gasteiger partial charge in [-0.3, -0.25) is 4.57 Å². The lowest BCUT2D eigenvalue weighted by Crippen LogP contribution is -2.26. The van der Waals surface area contributed by atoms with Gasteiger partial charge in [-0.05, 0) is 12.8 Å². The molecule has 0 aliphatic carbocycles. The van der Waals surface area contributed by atoms with Crippen LogP contribution < -0.4 is 5.32 Å². The number of fused-ring (bicyclic) bond motifs is 1. The van der Waals surface area contributed by atoms with Crippen LogP contribution in [0.5, 0.6) is 0 Å². The van der Waals surface area contributed by atoms with Crippen molar-refractivity contribution in [1.82, 2.24) is 14.9 Å². The van der Waals surface area contributed by atoms with Crippen LogP contribution in [0.15, 0.2) is 11.3 Å². The molecule has 98 valence electrons. The molecule has 2 aliphatic rings. The highest BCUT2D eigenvalue weighted by molar-refractivity contribution is 5.65. The fourth-order valence-electron chi connectivity index (χ4n) is 2.39. The topological polar surface area (TPSA) is 91.9 Å². The van der Waals surface area contributed by atoms with E-state index in [1.54, 1.807) is 12.7 Å². The van der Waals surface area contributed by atoms with Gasteiger partial charge < -0.3 is 20.3 Å². The molecule has 0 unspecified atom stereocenters. The minimum Gasteiger partial charge on any atom is -0.394 e. The van der Waals surface area contributed by atoms with E-state index in [-0.39, 0.29) is 31.6 Å². The molecule has 3 rings (SSSR count). The smallest absolute Gasteiger partial charge is 0.161 e. The number of ether oxygens (including phenoxy) is 1. The maximum atomic E-state index is 9.25. The van der Waals surface area contributed by atoms with E-state index < -0.39 is 0 Å². The lowest BCUT2D eigenvalue weighted by molar-refractivity contribution is -0.0216. The number of nitrogens with one attached hydrogen (secondary N) is 1. The van der Waals surface area contributed by atoms with Crippen LogP contribution in [0.4, 0.5) is 5.82 Å². The monoisotopic (exact) mass is 252 g/mol. The van der Waals surface area contributed by atoms with Crippen molar-refractivity contribution in [2.75, 3.05) is 13.2 Å². The van der Waals surface area contributed by atoms with Gasteiger partial charge in [0.25, 0.3) is 0 Å². The third kappa shape index (κ3) is 1.80. The molecule has 3 N–H and O–H groups in total. The highest BCUT2D eigenvalue weighted by Crippen LogP contribution is 2.35. The molecule has 7 nitrogen and oxygen atoms in total. The molecule has 0 saturated carbocycles. The Balaban J connectivity index is 1.87. The summed E-state index contributed by atoms with van der Waals surface area (Å²) >= 11 is 0. The Bertz CT molecular complexity index is 459. The van der Waals surface area contributed by atoms with Crippen molar-refractivity contribution in [3.63, 3.8) is 0 Å². The Morgan fingerprint density at radius 1 is 1.39 bits per heavy atom. The van der Waals surface area contributed by atoms with Crippen molar-refractivity contribution in [3.8, 4) is 0 Å². The van der Waals surface area contributed by atoms with Gasteiger partial charge >= 0.3 is 0 Å². The number of hydrogen-bond donors (Lipinski definition) is 3. The van der Waals surface area contributed by atoms with E-state index in [9.17, 15) is 5.11 Å². The van der Waals surface area contributed by atoms with Crippen LogP contribution in [0.25, 0.3) is 0 Å². The Labute approximate surface area is 104 Å². The summed E-state index contributed by atoms with van der Waals surface area (Å²) in [5.74, 6) is 0.719. The number of imidazole rings is 1. The first kappa shape index (κ1) is 11.6. The molecule has 1 fully saturated rings. The quantitative estimate of drug-likeness (QED) is 0.695. The van der Waals surface area contributed by atoms with Gasteiger partial charge in [0, 0.05) is 0 Å². The molecule has 0 bridgehead atoms. The Kier molecular flexibility index (Phi) is 3.02. The van der Waals surface area contributed by atoms with Crippen molar-refractivity contribution in [2.45, 2.75) is 31.2 Å². The lowest BCUT2D eigenvalue weighted by atomic mass is 10.2. The molecule has 1 aromatic rings. The first-order valence-electron chi connectivity index (χ1n) is 6.06. The van der Waals surface area contributed by atoms with E-state index in [0.717, 1.165) is 24.4 Å². The van der Waals surface area contributed by atoms with Crippen LogP contribution in [-0.4, -0.2) is 45.4 Å². The SMILES string of the molecule is OC[C@@H]1CC[C@H](n2cnc3c2N=CN[C@@H]3CO)O1. The second-order valence-electron chi connectivity index (χ2n) is 4.49. The summed E-state index contributed by atoms with van der Waals surface area (Å²) in [5.41, 5.74) is 0.732. The zero-order chi connectivity index (χ0) is 12.5. The zero-order valence-electron chi connectivity index (χ0n) is 9.86. The molecule has 3 atom stereocenters. The average Bonchev–Trinajstić information content (AvgIpc) is 3.03. The van der Waals surface area contributed by atoms with Crippen molar-refractivity contribution < 1.29 is 14.9 Å². The Morgan fingerprint density at radius 3 is 3.00 bits per heavy atom. The predicted molar refractivity (Wildman–Crippen MR) is 63.6 cm³/mol. The average molecular weight is 252 g/mol. The number of aliphatic imine (C=N–C) groups is 1. The highest BCUT2D eigenvalue weighted by atomic mass is 16.5. The molecule has 7 heteroatoms. The summed E-state index contributed by atoms with van der Waals surface area (Å²) in [6, 6.07) is -0.214. The van der Waals surface area contributed by atoms with Crippen molar-refractivity contribution in [2.24, 2.45) is 4.99 Å². The minimum absolute atomic E-state index is 0.0270. The van der Waals surface area contributed by atoms with Gasteiger partial charge in [0.1, 0.15) is 11.9 Å².